The number of anilines is 3. The number of hydrogen-bond acceptors (Lipinski definition) is 7. The summed E-state index contributed by atoms with van der Waals surface area (Å²) in [6, 6.07) is -0.122. The maximum atomic E-state index is 13.5. The van der Waals surface area contributed by atoms with Crippen LogP contribution < -0.4 is 15.4 Å². The number of aryl methyl sites for hydroxylation is 1. The first-order chi connectivity index (χ1) is 13.9. The van der Waals surface area contributed by atoms with Crippen molar-refractivity contribution in [2.24, 2.45) is 0 Å². The summed E-state index contributed by atoms with van der Waals surface area (Å²) < 4.78 is 54.1. The molecule has 1 unspecified atom stereocenters. The summed E-state index contributed by atoms with van der Waals surface area (Å²) >= 11 is 0. The van der Waals surface area contributed by atoms with Gasteiger partial charge in [-0.05, 0) is 32.6 Å². The van der Waals surface area contributed by atoms with Crippen molar-refractivity contribution in [3.63, 3.8) is 0 Å². The summed E-state index contributed by atoms with van der Waals surface area (Å²) in [5.41, 5.74) is -0.203. The summed E-state index contributed by atoms with van der Waals surface area (Å²) in [6.07, 6.45) is -0.507. The largest absolute Gasteiger partial charge is 0.485 e. The molecule has 11 heteroatoms. The molecular formula is C18H21F3N6O2. The molecule has 0 radical (unpaired) electrons. The third-order valence-electron chi connectivity index (χ3n) is 5.70. The Hall–Kier alpha value is -2.56. The number of hydrogen-bond donors (Lipinski definition) is 2. The van der Waals surface area contributed by atoms with Crippen molar-refractivity contribution in [2.75, 3.05) is 23.8 Å². The molecule has 2 aromatic heterocycles. The summed E-state index contributed by atoms with van der Waals surface area (Å²) in [6.45, 7) is 2.49. The standard InChI is InChI=1S/C18H21F3N6O2/c1-9-14-16(27(26-9)10-3-2-4-10)25-17-22-7-11(18(19,20)21)15(24-17)23-12-5-6-28-13(12)8-29-14/h7,10,12-13H,2-6,8H2,1H3,(H2,22,23,24,25)/t12?,13-/m0/s1. The Morgan fingerprint density at radius 2 is 2.07 bits per heavy atom. The van der Waals surface area contributed by atoms with Gasteiger partial charge in [-0.1, -0.05) is 0 Å². The third kappa shape index (κ3) is 3.26. The van der Waals surface area contributed by atoms with E-state index >= 15 is 0 Å². The fourth-order valence-electron chi connectivity index (χ4n) is 3.90. The van der Waals surface area contributed by atoms with Gasteiger partial charge < -0.3 is 20.1 Å². The lowest BCUT2D eigenvalue weighted by Gasteiger charge is -2.27. The van der Waals surface area contributed by atoms with Crippen LogP contribution in [-0.4, -0.2) is 45.1 Å². The number of ether oxygens (including phenoxy) is 2. The van der Waals surface area contributed by atoms with Crippen LogP contribution in [0, 0.1) is 6.92 Å². The molecule has 0 amide bonds. The molecule has 4 heterocycles. The van der Waals surface area contributed by atoms with Crippen LogP contribution in [-0.2, 0) is 10.9 Å². The zero-order valence-electron chi connectivity index (χ0n) is 15.8. The zero-order chi connectivity index (χ0) is 20.2. The number of nitrogens with zero attached hydrogens (tertiary/aromatic N) is 4. The third-order valence-corrected chi connectivity index (χ3v) is 5.70. The molecule has 0 aromatic carbocycles. The maximum absolute atomic E-state index is 13.5. The summed E-state index contributed by atoms with van der Waals surface area (Å²) in [4.78, 5) is 8.06. The Morgan fingerprint density at radius 3 is 2.79 bits per heavy atom. The topological polar surface area (TPSA) is 86.1 Å². The molecule has 2 N–H and O–H groups in total. The van der Waals surface area contributed by atoms with Crippen LogP contribution in [0.15, 0.2) is 6.20 Å². The Labute approximate surface area is 164 Å². The van der Waals surface area contributed by atoms with E-state index in [0.717, 1.165) is 25.5 Å². The molecule has 0 spiro atoms. The van der Waals surface area contributed by atoms with E-state index in [4.69, 9.17) is 9.47 Å². The van der Waals surface area contributed by atoms with E-state index in [1.165, 1.54) is 0 Å². The predicted octanol–water partition coefficient (Wildman–Crippen LogP) is 3.43. The molecule has 5 rings (SSSR count). The minimum atomic E-state index is -4.57. The van der Waals surface area contributed by atoms with Crippen molar-refractivity contribution >= 4 is 17.6 Å². The van der Waals surface area contributed by atoms with Gasteiger partial charge in [0.25, 0.3) is 0 Å². The van der Waals surface area contributed by atoms with Gasteiger partial charge >= 0.3 is 6.18 Å². The highest BCUT2D eigenvalue weighted by molar-refractivity contribution is 5.62. The van der Waals surface area contributed by atoms with E-state index in [9.17, 15) is 13.2 Å². The molecule has 2 aromatic rings. The van der Waals surface area contributed by atoms with Crippen LogP contribution in [0.4, 0.5) is 30.8 Å². The summed E-state index contributed by atoms with van der Waals surface area (Å²) in [5.74, 6) is 0.918. The average Bonchev–Trinajstić information content (AvgIpc) is 3.15. The molecule has 3 aliphatic rings. The number of nitrogens with one attached hydrogen (secondary N) is 2. The lowest BCUT2D eigenvalue weighted by Crippen LogP contribution is -2.35. The average molecular weight is 410 g/mol. The van der Waals surface area contributed by atoms with E-state index in [2.05, 4.69) is 25.7 Å². The van der Waals surface area contributed by atoms with Gasteiger partial charge in [-0.3, -0.25) is 0 Å². The zero-order valence-corrected chi connectivity index (χ0v) is 15.8. The van der Waals surface area contributed by atoms with Gasteiger partial charge in [0.05, 0.1) is 12.1 Å². The summed E-state index contributed by atoms with van der Waals surface area (Å²) in [5, 5.41) is 10.6. The van der Waals surface area contributed by atoms with Crippen LogP contribution in [0.5, 0.6) is 5.75 Å². The minimum Gasteiger partial charge on any atom is -0.485 e. The van der Waals surface area contributed by atoms with E-state index in [1.54, 1.807) is 0 Å². The van der Waals surface area contributed by atoms with Crippen molar-refractivity contribution in [1.82, 2.24) is 19.7 Å². The van der Waals surface area contributed by atoms with E-state index < -0.39 is 17.8 Å². The fraction of sp³-hybridized carbons (Fsp3) is 0.611. The van der Waals surface area contributed by atoms with Crippen molar-refractivity contribution in [3.05, 3.63) is 17.5 Å². The molecule has 2 atom stereocenters. The van der Waals surface area contributed by atoms with Crippen LogP contribution in [0.2, 0.25) is 0 Å². The van der Waals surface area contributed by atoms with Gasteiger partial charge in [0.15, 0.2) is 11.6 Å². The molecule has 2 fully saturated rings. The smallest absolute Gasteiger partial charge is 0.421 e. The molecule has 1 saturated carbocycles. The van der Waals surface area contributed by atoms with Crippen LogP contribution >= 0.6 is 0 Å². The van der Waals surface area contributed by atoms with E-state index in [1.807, 2.05) is 11.6 Å². The Balaban J connectivity index is 1.61. The van der Waals surface area contributed by atoms with Crippen LogP contribution in [0.3, 0.4) is 0 Å². The highest BCUT2D eigenvalue weighted by Gasteiger charge is 2.38. The highest BCUT2D eigenvalue weighted by atomic mass is 19.4. The number of alkyl halides is 3. The Kier molecular flexibility index (Phi) is 4.30. The molecule has 2 bridgehead atoms. The number of halogens is 3. The second-order valence-electron chi connectivity index (χ2n) is 7.63. The van der Waals surface area contributed by atoms with Crippen molar-refractivity contribution in [2.45, 2.75) is 57.0 Å². The van der Waals surface area contributed by atoms with Crippen molar-refractivity contribution in [3.8, 4) is 5.75 Å². The van der Waals surface area contributed by atoms with Crippen LogP contribution in [0.1, 0.15) is 43.0 Å². The van der Waals surface area contributed by atoms with Gasteiger partial charge in [0.1, 0.15) is 29.8 Å². The lowest BCUT2D eigenvalue weighted by atomic mass is 9.93. The van der Waals surface area contributed by atoms with Crippen molar-refractivity contribution in [1.29, 1.82) is 0 Å². The number of rotatable bonds is 1. The number of fused-ring (bicyclic) bond motifs is 4. The molecule has 1 aliphatic carbocycles. The van der Waals surface area contributed by atoms with Crippen LogP contribution in [0.25, 0.3) is 0 Å². The monoisotopic (exact) mass is 410 g/mol. The summed E-state index contributed by atoms with van der Waals surface area (Å²) in [7, 11) is 0. The first-order valence-corrected chi connectivity index (χ1v) is 9.71. The molecule has 1 saturated heterocycles. The second-order valence-corrected chi connectivity index (χ2v) is 7.63. The van der Waals surface area contributed by atoms with Gasteiger partial charge in [-0.15, -0.1) is 0 Å². The lowest BCUT2D eigenvalue weighted by molar-refractivity contribution is -0.137. The van der Waals surface area contributed by atoms with Gasteiger partial charge in [-0.25, -0.2) is 9.67 Å². The number of aromatic nitrogens is 4. The van der Waals surface area contributed by atoms with Gasteiger partial charge in [0.2, 0.25) is 5.95 Å². The maximum Gasteiger partial charge on any atom is 0.421 e. The first kappa shape index (κ1) is 18.5. The van der Waals surface area contributed by atoms with Gasteiger partial charge in [-0.2, -0.15) is 23.3 Å². The molecular weight excluding hydrogens is 389 g/mol. The minimum absolute atomic E-state index is 0.0585. The fourth-order valence-corrected chi connectivity index (χ4v) is 3.90. The molecule has 29 heavy (non-hydrogen) atoms. The highest BCUT2D eigenvalue weighted by Crippen LogP contribution is 2.41. The second kappa shape index (κ2) is 6.75. The van der Waals surface area contributed by atoms with Crippen molar-refractivity contribution < 1.29 is 22.6 Å². The SMILES string of the molecule is Cc1nn(C2CCC2)c2c1OC[C@@H]1OCCC1Nc1nc(ncc1C(F)(F)F)N2. The first-order valence-electron chi connectivity index (χ1n) is 9.71. The van der Waals surface area contributed by atoms with E-state index in [-0.39, 0.29) is 30.5 Å². The molecule has 8 nitrogen and oxygen atoms in total. The molecule has 2 aliphatic heterocycles. The molecule has 156 valence electrons. The van der Waals surface area contributed by atoms with E-state index in [0.29, 0.717) is 30.3 Å². The quantitative estimate of drug-likeness (QED) is 0.745. The normalized spacial score (nSPS) is 24.3. The Bertz CT molecular complexity index is 927. The Morgan fingerprint density at radius 1 is 1.24 bits per heavy atom. The van der Waals surface area contributed by atoms with Gasteiger partial charge in [0, 0.05) is 12.8 Å². The predicted molar refractivity (Wildman–Crippen MR) is 97.4 cm³/mol.